The molecule has 1 saturated carbocycles. The lowest BCUT2D eigenvalue weighted by atomic mass is 9.97. The highest BCUT2D eigenvalue weighted by Crippen LogP contribution is 2.19. The van der Waals surface area contributed by atoms with Gasteiger partial charge < -0.3 is 10.6 Å². The van der Waals surface area contributed by atoms with Gasteiger partial charge in [0, 0.05) is 12.0 Å². The fourth-order valence-electron chi connectivity index (χ4n) is 2.47. The van der Waals surface area contributed by atoms with Crippen molar-refractivity contribution in [2.75, 3.05) is 13.1 Å². The molecule has 3 nitrogen and oxygen atoms in total. The van der Waals surface area contributed by atoms with Gasteiger partial charge in [-0.3, -0.25) is 4.79 Å². The number of nitrogens with one attached hydrogen (secondary N) is 2. The van der Waals surface area contributed by atoms with Gasteiger partial charge in [0.2, 0.25) is 5.91 Å². The van der Waals surface area contributed by atoms with E-state index >= 15 is 0 Å². The Balaban J connectivity index is 0.00000112. The molecule has 2 N–H and O–H groups in total. The number of hydrogen-bond acceptors (Lipinski definition) is 2. The molecule has 1 aliphatic carbocycles. The van der Waals surface area contributed by atoms with Crippen LogP contribution in [0.25, 0.3) is 0 Å². The fourth-order valence-corrected chi connectivity index (χ4v) is 2.47. The number of carbonyl (C=O) groups is 1. The zero-order valence-corrected chi connectivity index (χ0v) is 9.94. The van der Waals surface area contributed by atoms with Gasteiger partial charge >= 0.3 is 0 Å². The van der Waals surface area contributed by atoms with E-state index in [1.807, 2.05) is 0 Å². The maximum atomic E-state index is 11.8. The van der Waals surface area contributed by atoms with Crippen LogP contribution >= 0.6 is 12.4 Å². The number of halogens is 1. The van der Waals surface area contributed by atoms with Crippen LogP contribution in [0.3, 0.4) is 0 Å². The van der Waals surface area contributed by atoms with Gasteiger partial charge in [-0.2, -0.15) is 0 Å². The van der Waals surface area contributed by atoms with Crippen molar-refractivity contribution in [2.24, 2.45) is 5.92 Å². The largest absolute Gasteiger partial charge is 0.353 e. The van der Waals surface area contributed by atoms with Crippen LogP contribution in [-0.4, -0.2) is 25.0 Å². The molecular weight excluding hydrogens is 212 g/mol. The lowest BCUT2D eigenvalue weighted by Crippen LogP contribution is -2.41. The van der Waals surface area contributed by atoms with E-state index in [9.17, 15) is 4.79 Å². The van der Waals surface area contributed by atoms with Gasteiger partial charge in [0.25, 0.3) is 0 Å². The summed E-state index contributed by atoms with van der Waals surface area (Å²) >= 11 is 0. The second-order valence-electron chi connectivity index (χ2n) is 4.51. The molecule has 1 aliphatic heterocycles. The van der Waals surface area contributed by atoms with E-state index in [2.05, 4.69) is 10.6 Å². The van der Waals surface area contributed by atoms with Crippen molar-refractivity contribution in [3.05, 3.63) is 0 Å². The lowest BCUT2D eigenvalue weighted by Gasteiger charge is -2.23. The van der Waals surface area contributed by atoms with Crippen molar-refractivity contribution in [1.82, 2.24) is 10.6 Å². The van der Waals surface area contributed by atoms with Gasteiger partial charge in [-0.25, -0.2) is 0 Å². The SMILES string of the molecule is Cl.O=C(NC1CCCC1)C1CCNCC1. The predicted octanol–water partition coefficient (Wildman–Crippen LogP) is 1.47. The minimum atomic E-state index is 0. The Hall–Kier alpha value is -0.280. The highest BCUT2D eigenvalue weighted by molar-refractivity contribution is 5.85. The molecule has 1 heterocycles. The minimum Gasteiger partial charge on any atom is -0.353 e. The Kier molecular flexibility index (Phi) is 5.40. The molecule has 2 fully saturated rings. The standard InChI is InChI=1S/C11H20N2O.ClH/c14-11(9-5-7-12-8-6-9)13-10-3-1-2-4-10;/h9-10,12H,1-8H2,(H,13,14);1H. The summed E-state index contributed by atoms with van der Waals surface area (Å²) < 4.78 is 0. The predicted molar refractivity (Wildman–Crippen MR) is 63.2 cm³/mol. The van der Waals surface area contributed by atoms with Gasteiger partial charge in [-0.05, 0) is 38.8 Å². The molecule has 0 aromatic heterocycles. The van der Waals surface area contributed by atoms with E-state index in [4.69, 9.17) is 0 Å². The molecule has 0 aromatic carbocycles. The monoisotopic (exact) mass is 232 g/mol. The zero-order valence-electron chi connectivity index (χ0n) is 9.13. The van der Waals surface area contributed by atoms with Gasteiger partial charge in [0.1, 0.15) is 0 Å². The van der Waals surface area contributed by atoms with E-state index in [1.165, 1.54) is 25.7 Å². The Morgan fingerprint density at radius 2 is 1.67 bits per heavy atom. The lowest BCUT2D eigenvalue weighted by molar-refractivity contribution is -0.126. The minimum absolute atomic E-state index is 0. The summed E-state index contributed by atoms with van der Waals surface area (Å²) in [6.45, 7) is 2.01. The third-order valence-corrected chi connectivity index (χ3v) is 3.41. The van der Waals surface area contributed by atoms with Crippen molar-refractivity contribution < 1.29 is 4.79 Å². The second-order valence-corrected chi connectivity index (χ2v) is 4.51. The van der Waals surface area contributed by atoms with E-state index < -0.39 is 0 Å². The normalized spacial score (nSPS) is 23.5. The molecule has 4 heteroatoms. The van der Waals surface area contributed by atoms with E-state index in [0.717, 1.165) is 25.9 Å². The first-order chi connectivity index (χ1) is 6.86. The quantitative estimate of drug-likeness (QED) is 0.757. The van der Waals surface area contributed by atoms with Gasteiger partial charge in [0.05, 0.1) is 0 Å². The zero-order chi connectivity index (χ0) is 9.80. The molecule has 0 bridgehead atoms. The third kappa shape index (κ3) is 3.65. The third-order valence-electron chi connectivity index (χ3n) is 3.41. The Bertz CT molecular complexity index is 199. The first-order valence-electron chi connectivity index (χ1n) is 5.87. The number of carbonyl (C=O) groups excluding carboxylic acids is 1. The van der Waals surface area contributed by atoms with Crippen LogP contribution in [0.5, 0.6) is 0 Å². The molecular formula is C11H21ClN2O. The average molecular weight is 233 g/mol. The molecule has 0 aromatic rings. The van der Waals surface area contributed by atoms with Crippen molar-refractivity contribution in [1.29, 1.82) is 0 Å². The van der Waals surface area contributed by atoms with E-state index in [1.54, 1.807) is 0 Å². The first kappa shape index (κ1) is 12.8. The summed E-state index contributed by atoms with van der Waals surface area (Å²) in [5.41, 5.74) is 0. The maximum absolute atomic E-state index is 11.8. The van der Waals surface area contributed by atoms with Crippen molar-refractivity contribution in [3.63, 3.8) is 0 Å². The number of hydrogen-bond donors (Lipinski definition) is 2. The van der Waals surface area contributed by atoms with Crippen LogP contribution in [0.2, 0.25) is 0 Å². The molecule has 2 rings (SSSR count). The molecule has 88 valence electrons. The molecule has 1 amide bonds. The summed E-state index contributed by atoms with van der Waals surface area (Å²) in [6, 6.07) is 0.484. The first-order valence-corrected chi connectivity index (χ1v) is 5.87. The van der Waals surface area contributed by atoms with E-state index in [-0.39, 0.29) is 18.3 Å². The van der Waals surface area contributed by atoms with Gasteiger partial charge in [0.15, 0.2) is 0 Å². The molecule has 0 radical (unpaired) electrons. The Morgan fingerprint density at radius 1 is 1.07 bits per heavy atom. The van der Waals surface area contributed by atoms with Crippen LogP contribution in [0.1, 0.15) is 38.5 Å². The van der Waals surface area contributed by atoms with Crippen LogP contribution in [0.15, 0.2) is 0 Å². The van der Waals surface area contributed by atoms with Crippen molar-refractivity contribution in [3.8, 4) is 0 Å². The molecule has 2 aliphatic rings. The molecule has 15 heavy (non-hydrogen) atoms. The second kappa shape index (κ2) is 6.33. The highest BCUT2D eigenvalue weighted by Gasteiger charge is 2.24. The van der Waals surface area contributed by atoms with Crippen LogP contribution in [0, 0.1) is 5.92 Å². The fraction of sp³-hybridized carbons (Fsp3) is 0.909. The Labute approximate surface area is 97.8 Å². The van der Waals surface area contributed by atoms with Gasteiger partial charge in [-0.1, -0.05) is 12.8 Å². The van der Waals surface area contributed by atoms with Crippen molar-refractivity contribution in [2.45, 2.75) is 44.6 Å². The summed E-state index contributed by atoms with van der Waals surface area (Å²) in [4.78, 5) is 11.8. The van der Waals surface area contributed by atoms with Crippen LogP contribution < -0.4 is 10.6 Å². The van der Waals surface area contributed by atoms with Gasteiger partial charge in [-0.15, -0.1) is 12.4 Å². The van der Waals surface area contributed by atoms with Crippen LogP contribution in [0.4, 0.5) is 0 Å². The summed E-state index contributed by atoms with van der Waals surface area (Å²) in [7, 11) is 0. The number of amides is 1. The van der Waals surface area contributed by atoms with Crippen LogP contribution in [-0.2, 0) is 4.79 Å². The summed E-state index contributed by atoms with van der Waals surface area (Å²) in [5, 5.41) is 6.47. The highest BCUT2D eigenvalue weighted by atomic mass is 35.5. The number of piperidine rings is 1. The summed E-state index contributed by atoms with van der Waals surface area (Å²) in [6.07, 6.45) is 6.98. The average Bonchev–Trinajstić information content (AvgIpc) is 2.72. The molecule has 1 saturated heterocycles. The Morgan fingerprint density at radius 3 is 2.27 bits per heavy atom. The molecule has 0 unspecified atom stereocenters. The smallest absolute Gasteiger partial charge is 0.223 e. The maximum Gasteiger partial charge on any atom is 0.223 e. The molecule has 0 spiro atoms. The van der Waals surface area contributed by atoms with E-state index in [0.29, 0.717) is 11.9 Å². The van der Waals surface area contributed by atoms with Crippen molar-refractivity contribution >= 4 is 18.3 Å². The molecule has 0 atom stereocenters. The topological polar surface area (TPSA) is 41.1 Å². The number of rotatable bonds is 2. The summed E-state index contributed by atoms with van der Waals surface area (Å²) in [5.74, 6) is 0.579.